The zero-order valence-corrected chi connectivity index (χ0v) is 18.5. The van der Waals surface area contributed by atoms with Crippen molar-refractivity contribution in [1.29, 1.82) is 0 Å². The largest absolute Gasteiger partial charge is 0.481 e. The Balaban J connectivity index is 1.65. The number of carboxylic acids is 1. The molecule has 1 heterocycles. The molecule has 3 rings (SSSR count). The summed E-state index contributed by atoms with van der Waals surface area (Å²) in [5, 5.41) is 9.19. The molecular formula is C24H38O4. The number of hydrogen-bond donors (Lipinski definition) is 1. The summed E-state index contributed by atoms with van der Waals surface area (Å²) in [7, 11) is 0. The topological polar surface area (TPSA) is 55.8 Å². The van der Waals surface area contributed by atoms with E-state index in [2.05, 4.69) is 40.7 Å². The summed E-state index contributed by atoms with van der Waals surface area (Å²) in [5.74, 6) is 0.0578. The third-order valence-corrected chi connectivity index (χ3v) is 7.81. The molecule has 2 unspecified atom stereocenters. The van der Waals surface area contributed by atoms with Crippen LogP contribution >= 0.6 is 0 Å². The van der Waals surface area contributed by atoms with E-state index in [4.69, 9.17) is 9.78 Å². The van der Waals surface area contributed by atoms with Crippen LogP contribution in [-0.2, 0) is 14.6 Å². The highest BCUT2D eigenvalue weighted by Crippen LogP contribution is 2.54. The van der Waals surface area contributed by atoms with E-state index in [1.54, 1.807) is 23.6 Å². The smallest absolute Gasteiger partial charge is 0.308 e. The van der Waals surface area contributed by atoms with E-state index in [1.165, 1.54) is 19.3 Å². The summed E-state index contributed by atoms with van der Waals surface area (Å²) in [4.78, 5) is 22.5. The summed E-state index contributed by atoms with van der Waals surface area (Å²) < 4.78 is 0. The van der Waals surface area contributed by atoms with Crippen molar-refractivity contribution in [2.75, 3.05) is 0 Å². The SMILES string of the molecule is CC1=CC2CC(C)=C(CC[C@]3(C)CC[C@H]([C@@H](C)C(=O)O)OO3)C(C)(C)C2CC1. The van der Waals surface area contributed by atoms with Crippen LogP contribution in [0.2, 0.25) is 0 Å². The first-order chi connectivity index (χ1) is 13.0. The first kappa shape index (κ1) is 21.6. The number of carbonyl (C=O) groups is 1. The highest BCUT2D eigenvalue weighted by Gasteiger charge is 2.44. The second-order valence-electron chi connectivity index (χ2n) is 10.3. The van der Waals surface area contributed by atoms with Crippen LogP contribution in [-0.4, -0.2) is 22.8 Å². The molecule has 5 atom stereocenters. The minimum absolute atomic E-state index is 0.219. The molecule has 0 amide bonds. The van der Waals surface area contributed by atoms with Crippen LogP contribution in [0.25, 0.3) is 0 Å². The van der Waals surface area contributed by atoms with Crippen LogP contribution < -0.4 is 0 Å². The molecule has 0 aromatic carbocycles. The van der Waals surface area contributed by atoms with Gasteiger partial charge in [-0.2, -0.15) is 0 Å². The van der Waals surface area contributed by atoms with Gasteiger partial charge in [0.25, 0.3) is 0 Å². The zero-order chi connectivity index (χ0) is 20.7. The van der Waals surface area contributed by atoms with Crippen LogP contribution in [0.5, 0.6) is 0 Å². The molecule has 0 radical (unpaired) electrons. The average molecular weight is 391 g/mol. The van der Waals surface area contributed by atoms with Crippen molar-refractivity contribution in [2.45, 2.75) is 98.2 Å². The molecule has 3 aliphatic rings. The predicted octanol–water partition coefficient (Wildman–Crippen LogP) is 6.08. The van der Waals surface area contributed by atoms with Crippen molar-refractivity contribution in [3.63, 3.8) is 0 Å². The number of allylic oxidation sites excluding steroid dienone is 4. The van der Waals surface area contributed by atoms with E-state index in [0.29, 0.717) is 5.92 Å². The standard InChI is InChI=1S/C24H38O4/c1-15-7-8-20-18(13-15)14-16(2)19(23(20,4)5)9-11-24(6)12-10-21(27-28-24)17(3)22(25)26/h13,17-18,20-21H,7-12,14H2,1-6H3,(H,25,26)/t17-,18?,20?,21-,24-/m1/s1. The van der Waals surface area contributed by atoms with Gasteiger partial charge in [-0.3, -0.25) is 4.79 Å². The lowest BCUT2D eigenvalue weighted by molar-refractivity contribution is -0.411. The maximum atomic E-state index is 11.2. The lowest BCUT2D eigenvalue weighted by atomic mass is 9.57. The molecule has 0 saturated carbocycles. The summed E-state index contributed by atoms with van der Waals surface area (Å²) in [6.07, 6.45) is 9.42. The van der Waals surface area contributed by atoms with Crippen LogP contribution in [0.3, 0.4) is 0 Å². The van der Waals surface area contributed by atoms with Gasteiger partial charge in [-0.1, -0.05) is 36.6 Å². The molecule has 0 spiro atoms. The molecule has 4 nitrogen and oxygen atoms in total. The number of aliphatic carboxylic acids is 1. The Labute approximate surface area is 170 Å². The highest BCUT2D eigenvalue weighted by molar-refractivity contribution is 5.70. The molecule has 1 fully saturated rings. The van der Waals surface area contributed by atoms with Crippen molar-refractivity contribution >= 4 is 5.97 Å². The molecule has 158 valence electrons. The Morgan fingerprint density at radius 3 is 2.61 bits per heavy atom. The Kier molecular flexibility index (Phi) is 6.12. The highest BCUT2D eigenvalue weighted by atomic mass is 17.2. The first-order valence-electron chi connectivity index (χ1n) is 11.0. The number of hydrogen-bond acceptors (Lipinski definition) is 3. The second kappa shape index (κ2) is 7.95. The fraction of sp³-hybridized carbons (Fsp3) is 0.792. The molecule has 2 aliphatic carbocycles. The van der Waals surface area contributed by atoms with E-state index in [9.17, 15) is 9.90 Å². The Hall–Kier alpha value is -1.13. The van der Waals surface area contributed by atoms with E-state index >= 15 is 0 Å². The maximum absolute atomic E-state index is 11.2. The third-order valence-electron chi connectivity index (χ3n) is 7.81. The van der Waals surface area contributed by atoms with Gasteiger partial charge in [-0.05, 0) is 89.9 Å². The second-order valence-corrected chi connectivity index (χ2v) is 10.3. The molecular weight excluding hydrogens is 352 g/mol. The minimum atomic E-state index is -0.826. The molecule has 28 heavy (non-hydrogen) atoms. The van der Waals surface area contributed by atoms with Gasteiger partial charge in [-0.25, -0.2) is 9.78 Å². The lowest BCUT2D eigenvalue weighted by Gasteiger charge is -2.48. The normalized spacial score (nSPS) is 36.5. The van der Waals surface area contributed by atoms with Gasteiger partial charge in [0.05, 0.1) is 5.92 Å². The Morgan fingerprint density at radius 2 is 2.00 bits per heavy atom. The molecule has 0 aromatic rings. The Morgan fingerprint density at radius 1 is 1.29 bits per heavy atom. The third kappa shape index (κ3) is 4.23. The van der Waals surface area contributed by atoms with Crippen LogP contribution in [0, 0.1) is 23.2 Å². The number of carboxylic acid groups (broad SMARTS) is 1. The van der Waals surface area contributed by atoms with Gasteiger partial charge in [0, 0.05) is 0 Å². The van der Waals surface area contributed by atoms with Crippen molar-refractivity contribution < 1.29 is 19.7 Å². The van der Waals surface area contributed by atoms with E-state index in [0.717, 1.165) is 31.6 Å². The minimum Gasteiger partial charge on any atom is -0.481 e. The molecule has 0 aromatic heterocycles. The molecule has 0 bridgehead atoms. The van der Waals surface area contributed by atoms with Crippen molar-refractivity contribution in [3.8, 4) is 0 Å². The monoisotopic (exact) mass is 390 g/mol. The van der Waals surface area contributed by atoms with Gasteiger partial charge in [0.15, 0.2) is 0 Å². The van der Waals surface area contributed by atoms with Crippen molar-refractivity contribution in [3.05, 3.63) is 22.8 Å². The van der Waals surface area contributed by atoms with Gasteiger partial charge in [0.2, 0.25) is 0 Å². The first-order valence-corrected chi connectivity index (χ1v) is 11.0. The van der Waals surface area contributed by atoms with Crippen LogP contribution in [0.1, 0.15) is 86.5 Å². The van der Waals surface area contributed by atoms with Crippen molar-refractivity contribution in [1.82, 2.24) is 0 Å². The fourth-order valence-electron chi connectivity index (χ4n) is 5.81. The van der Waals surface area contributed by atoms with E-state index in [-0.39, 0.29) is 17.1 Å². The fourth-order valence-corrected chi connectivity index (χ4v) is 5.81. The summed E-state index contributed by atoms with van der Waals surface area (Å²) in [6.45, 7) is 13.3. The van der Waals surface area contributed by atoms with Gasteiger partial charge in [-0.15, -0.1) is 0 Å². The quantitative estimate of drug-likeness (QED) is 0.457. The summed E-state index contributed by atoms with van der Waals surface area (Å²) in [6, 6.07) is 0. The molecule has 1 N–H and O–H groups in total. The zero-order valence-electron chi connectivity index (χ0n) is 18.5. The lowest BCUT2D eigenvalue weighted by Crippen LogP contribution is -2.42. The van der Waals surface area contributed by atoms with Crippen LogP contribution in [0.15, 0.2) is 22.8 Å². The average Bonchev–Trinajstić information content (AvgIpc) is 2.60. The van der Waals surface area contributed by atoms with Gasteiger partial charge in [0.1, 0.15) is 11.7 Å². The number of fused-ring (bicyclic) bond motifs is 1. The van der Waals surface area contributed by atoms with Gasteiger partial charge < -0.3 is 5.11 Å². The predicted molar refractivity (Wildman–Crippen MR) is 111 cm³/mol. The van der Waals surface area contributed by atoms with E-state index in [1.807, 2.05) is 0 Å². The maximum Gasteiger partial charge on any atom is 0.308 e. The molecule has 4 heteroatoms. The van der Waals surface area contributed by atoms with Crippen LogP contribution in [0.4, 0.5) is 0 Å². The summed E-state index contributed by atoms with van der Waals surface area (Å²) >= 11 is 0. The molecule has 1 aliphatic heterocycles. The summed E-state index contributed by atoms with van der Waals surface area (Å²) in [5.41, 5.74) is 4.59. The van der Waals surface area contributed by atoms with Gasteiger partial charge >= 0.3 is 5.97 Å². The van der Waals surface area contributed by atoms with E-state index < -0.39 is 11.9 Å². The van der Waals surface area contributed by atoms with Crippen molar-refractivity contribution in [2.24, 2.45) is 23.2 Å². The molecule has 1 saturated heterocycles. The number of rotatable bonds is 5. The Bertz CT molecular complexity index is 664.